The van der Waals surface area contributed by atoms with Crippen molar-refractivity contribution >= 4 is 17.6 Å². The second kappa shape index (κ2) is 8.19. The number of carbonyl (C=O) groups excluding carboxylic acids is 2. The van der Waals surface area contributed by atoms with Crippen molar-refractivity contribution in [1.29, 1.82) is 0 Å². The first-order valence-electron chi connectivity index (χ1n) is 6.90. The Morgan fingerprint density at radius 2 is 1.85 bits per heavy atom. The molecule has 20 heavy (non-hydrogen) atoms. The molecule has 0 saturated carbocycles. The third-order valence-electron chi connectivity index (χ3n) is 2.76. The van der Waals surface area contributed by atoms with Gasteiger partial charge in [0, 0.05) is 18.8 Å². The number of amides is 3. The molecule has 1 aromatic rings. The molecule has 0 aromatic heterocycles. The first-order valence-corrected chi connectivity index (χ1v) is 6.90. The molecule has 0 saturated heterocycles. The number of benzene rings is 1. The molecule has 0 spiro atoms. The lowest BCUT2D eigenvalue weighted by molar-refractivity contribution is -0.118. The molecule has 110 valence electrons. The lowest BCUT2D eigenvalue weighted by Gasteiger charge is -2.22. The van der Waals surface area contributed by atoms with Crippen molar-refractivity contribution < 1.29 is 9.59 Å². The number of anilines is 1. The number of likely N-dealkylation sites (N-methyl/N-ethyl adjacent to an activating group) is 1. The van der Waals surface area contributed by atoms with Gasteiger partial charge in [0.1, 0.15) is 0 Å². The van der Waals surface area contributed by atoms with Crippen LogP contribution in [0, 0.1) is 5.92 Å². The van der Waals surface area contributed by atoms with Crippen molar-refractivity contribution in [3.05, 3.63) is 30.3 Å². The maximum Gasteiger partial charge on any atom is 0.321 e. The van der Waals surface area contributed by atoms with Crippen molar-refractivity contribution in [2.75, 3.05) is 24.5 Å². The quantitative estimate of drug-likeness (QED) is 0.836. The zero-order chi connectivity index (χ0) is 15.0. The Bertz CT molecular complexity index is 432. The van der Waals surface area contributed by atoms with E-state index in [1.54, 1.807) is 0 Å². The number of hydrogen-bond acceptors (Lipinski definition) is 3. The molecule has 0 radical (unpaired) electrons. The lowest BCUT2D eigenvalue weighted by Crippen LogP contribution is -2.45. The molecule has 1 aromatic carbocycles. The number of carbonyl (C=O) groups is 2. The second-order valence-electron chi connectivity index (χ2n) is 5.00. The van der Waals surface area contributed by atoms with Gasteiger partial charge in [-0.2, -0.15) is 0 Å². The van der Waals surface area contributed by atoms with Crippen LogP contribution in [0.25, 0.3) is 0 Å². The number of urea groups is 1. The summed E-state index contributed by atoms with van der Waals surface area (Å²) in [5.74, 6) is 0.0456. The van der Waals surface area contributed by atoms with Crippen molar-refractivity contribution in [1.82, 2.24) is 10.6 Å². The van der Waals surface area contributed by atoms with Crippen LogP contribution in [0.2, 0.25) is 0 Å². The Balaban J connectivity index is 2.46. The maximum absolute atomic E-state index is 11.8. The van der Waals surface area contributed by atoms with E-state index in [0.717, 1.165) is 5.69 Å². The fourth-order valence-electron chi connectivity index (χ4n) is 1.70. The smallest absolute Gasteiger partial charge is 0.321 e. The van der Waals surface area contributed by atoms with Gasteiger partial charge in [0.05, 0.1) is 6.54 Å². The van der Waals surface area contributed by atoms with Gasteiger partial charge in [0.25, 0.3) is 0 Å². The van der Waals surface area contributed by atoms with E-state index in [-0.39, 0.29) is 12.5 Å². The highest BCUT2D eigenvalue weighted by atomic mass is 16.2. The summed E-state index contributed by atoms with van der Waals surface area (Å²) in [6.45, 7) is 7.38. The van der Waals surface area contributed by atoms with Gasteiger partial charge >= 0.3 is 6.03 Å². The van der Waals surface area contributed by atoms with Gasteiger partial charge in [-0.15, -0.1) is 0 Å². The third kappa shape index (κ3) is 5.73. The molecule has 0 atom stereocenters. The van der Waals surface area contributed by atoms with E-state index < -0.39 is 6.03 Å². The summed E-state index contributed by atoms with van der Waals surface area (Å²) in [6.07, 6.45) is 0. The molecule has 5 nitrogen and oxygen atoms in total. The highest BCUT2D eigenvalue weighted by Gasteiger charge is 2.12. The Morgan fingerprint density at radius 3 is 2.40 bits per heavy atom. The summed E-state index contributed by atoms with van der Waals surface area (Å²) < 4.78 is 0. The summed E-state index contributed by atoms with van der Waals surface area (Å²) >= 11 is 0. The predicted octanol–water partition coefficient (Wildman–Crippen LogP) is 1.99. The molecule has 0 fully saturated rings. The average Bonchev–Trinajstić information content (AvgIpc) is 2.43. The zero-order valence-corrected chi connectivity index (χ0v) is 12.3. The Hall–Kier alpha value is -2.04. The van der Waals surface area contributed by atoms with Gasteiger partial charge in [-0.1, -0.05) is 32.0 Å². The van der Waals surface area contributed by atoms with Crippen LogP contribution in [0.1, 0.15) is 20.8 Å². The molecule has 2 N–H and O–H groups in total. The topological polar surface area (TPSA) is 61.4 Å². The summed E-state index contributed by atoms with van der Waals surface area (Å²) in [5, 5.41) is 4.99. The predicted molar refractivity (Wildman–Crippen MR) is 80.7 cm³/mol. The van der Waals surface area contributed by atoms with Gasteiger partial charge < -0.3 is 10.2 Å². The summed E-state index contributed by atoms with van der Waals surface area (Å²) in [5.41, 5.74) is 0.965. The molecule has 0 bridgehead atoms. The van der Waals surface area contributed by atoms with Gasteiger partial charge in [-0.3, -0.25) is 10.1 Å². The monoisotopic (exact) mass is 277 g/mol. The Morgan fingerprint density at radius 1 is 1.20 bits per heavy atom. The minimum atomic E-state index is -0.437. The van der Waals surface area contributed by atoms with Crippen LogP contribution in [-0.4, -0.2) is 31.6 Å². The van der Waals surface area contributed by atoms with Crippen molar-refractivity contribution in [2.24, 2.45) is 5.92 Å². The van der Waals surface area contributed by atoms with E-state index in [4.69, 9.17) is 0 Å². The van der Waals surface area contributed by atoms with Crippen molar-refractivity contribution in [2.45, 2.75) is 20.8 Å². The lowest BCUT2D eigenvalue weighted by atomic mass is 10.2. The summed E-state index contributed by atoms with van der Waals surface area (Å²) in [7, 11) is 0. The molecular weight excluding hydrogens is 254 g/mol. The first-order chi connectivity index (χ1) is 9.52. The van der Waals surface area contributed by atoms with Gasteiger partial charge in [0.15, 0.2) is 0 Å². The molecule has 0 unspecified atom stereocenters. The number of hydrogen-bond donors (Lipinski definition) is 2. The molecule has 1 rings (SSSR count). The van der Waals surface area contributed by atoms with E-state index in [9.17, 15) is 9.59 Å². The zero-order valence-electron chi connectivity index (χ0n) is 12.3. The van der Waals surface area contributed by atoms with Crippen LogP contribution in [0.3, 0.4) is 0 Å². The van der Waals surface area contributed by atoms with Crippen LogP contribution in [-0.2, 0) is 4.79 Å². The van der Waals surface area contributed by atoms with Crippen LogP contribution in [0.15, 0.2) is 30.3 Å². The van der Waals surface area contributed by atoms with E-state index in [0.29, 0.717) is 19.0 Å². The van der Waals surface area contributed by atoms with Crippen LogP contribution in [0.5, 0.6) is 0 Å². The number of nitrogens with one attached hydrogen (secondary N) is 2. The minimum Gasteiger partial charge on any atom is -0.362 e. The molecule has 0 aliphatic carbocycles. The van der Waals surface area contributed by atoms with Gasteiger partial charge in [-0.25, -0.2) is 4.79 Å². The van der Waals surface area contributed by atoms with Crippen molar-refractivity contribution in [3.8, 4) is 0 Å². The maximum atomic E-state index is 11.8. The van der Waals surface area contributed by atoms with E-state index in [1.165, 1.54) is 0 Å². The van der Waals surface area contributed by atoms with Gasteiger partial charge in [0.2, 0.25) is 5.91 Å². The summed E-state index contributed by atoms with van der Waals surface area (Å²) in [4.78, 5) is 25.2. The standard InChI is InChI=1S/C15H23N3O2/c1-4-18(13-8-6-5-7-9-13)11-14(19)17-15(20)16-10-12(2)3/h5-9,12H,4,10-11H2,1-3H3,(H2,16,17,19,20). The summed E-state index contributed by atoms with van der Waals surface area (Å²) in [6, 6.07) is 9.21. The number of imide groups is 1. The first kappa shape index (κ1) is 16.0. The highest BCUT2D eigenvalue weighted by molar-refractivity contribution is 5.96. The number of para-hydroxylation sites is 1. The van der Waals surface area contributed by atoms with E-state index in [2.05, 4.69) is 10.6 Å². The average molecular weight is 277 g/mol. The van der Waals surface area contributed by atoms with Crippen LogP contribution >= 0.6 is 0 Å². The van der Waals surface area contributed by atoms with Crippen molar-refractivity contribution in [3.63, 3.8) is 0 Å². The fraction of sp³-hybridized carbons (Fsp3) is 0.467. The molecule has 0 aliphatic heterocycles. The van der Waals surface area contributed by atoms with E-state index in [1.807, 2.05) is 56.0 Å². The normalized spacial score (nSPS) is 10.2. The molecule has 5 heteroatoms. The van der Waals surface area contributed by atoms with Gasteiger partial charge in [-0.05, 0) is 25.0 Å². The van der Waals surface area contributed by atoms with E-state index >= 15 is 0 Å². The van der Waals surface area contributed by atoms with Crippen LogP contribution in [0.4, 0.5) is 10.5 Å². The fourth-order valence-corrected chi connectivity index (χ4v) is 1.70. The molecular formula is C15H23N3O2. The third-order valence-corrected chi connectivity index (χ3v) is 2.76. The molecule has 0 heterocycles. The molecule has 0 aliphatic rings. The largest absolute Gasteiger partial charge is 0.362 e. The molecule has 3 amide bonds. The second-order valence-corrected chi connectivity index (χ2v) is 5.00. The number of rotatable bonds is 6. The highest BCUT2D eigenvalue weighted by Crippen LogP contribution is 2.11. The van der Waals surface area contributed by atoms with Crippen LogP contribution < -0.4 is 15.5 Å². The SMILES string of the molecule is CCN(CC(=O)NC(=O)NCC(C)C)c1ccccc1. The number of nitrogens with zero attached hydrogens (tertiary/aromatic N) is 1. The Labute approximate surface area is 120 Å². The Kier molecular flexibility index (Phi) is 6.56. The minimum absolute atomic E-state index is 0.162.